The van der Waals surface area contributed by atoms with Gasteiger partial charge in [0.2, 0.25) is 5.69 Å². The molecule has 2 aliphatic rings. The Hall–Kier alpha value is -4.49. The number of aliphatic carboxylic acids is 1. The lowest BCUT2D eigenvalue weighted by molar-refractivity contribution is -0.456. The highest BCUT2D eigenvalue weighted by Crippen LogP contribution is 2.52. The predicted molar refractivity (Wildman–Crippen MR) is 238 cm³/mol. The van der Waals surface area contributed by atoms with Crippen LogP contribution in [0.3, 0.4) is 0 Å². The number of ether oxygens (including phenoxy) is 2. The van der Waals surface area contributed by atoms with Gasteiger partial charge in [0.15, 0.2) is 17.9 Å². The van der Waals surface area contributed by atoms with E-state index in [0.717, 1.165) is 6.54 Å². The maximum atomic E-state index is 11.8. The average Bonchev–Trinajstić information content (AvgIpc) is 3.50. The fourth-order valence-electron chi connectivity index (χ4n) is 8.60. The SMILES string of the molecule is CC(C)(COC(C)(C)C(=O)O)CN1/C(=C/C=C/C=C/C=C/C2=[N+](CC(C)(C)COCCl)c3ccc4ccccc4c3C2(C)C)C(C)(C)c2c1ccc1ccccc21. The van der Waals surface area contributed by atoms with E-state index in [9.17, 15) is 9.90 Å². The first-order chi connectivity index (χ1) is 26.8. The van der Waals surface area contributed by atoms with Gasteiger partial charge in [-0.15, -0.1) is 0 Å². The largest absolute Gasteiger partial charge is 0.479 e. The third-order valence-electron chi connectivity index (χ3n) is 11.5. The molecular formula is C50H60ClN2O4+. The molecule has 4 aromatic carbocycles. The van der Waals surface area contributed by atoms with Gasteiger partial charge in [0.05, 0.1) is 18.6 Å². The van der Waals surface area contributed by atoms with Gasteiger partial charge in [-0.1, -0.05) is 138 Å². The number of benzene rings is 4. The second kappa shape index (κ2) is 16.0. The van der Waals surface area contributed by atoms with Gasteiger partial charge in [-0.05, 0) is 73.0 Å². The summed E-state index contributed by atoms with van der Waals surface area (Å²) < 4.78 is 14.2. The van der Waals surface area contributed by atoms with Crippen LogP contribution in [0.5, 0.6) is 0 Å². The molecule has 0 bridgehead atoms. The van der Waals surface area contributed by atoms with Gasteiger partial charge in [0.25, 0.3) is 0 Å². The van der Waals surface area contributed by atoms with Crippen LogP contribution in [0.1, 0.15) is 80.4 Å². The molecular weight excluding hydrogens is 728 g/mol. The van der Waals surface area contributed by atoms with Gasteiger partial charge >= 0.3 is 5.97 Å². The Balaban J connectivity index is 1.30. The van der Waals surface area contributed by atoms with Gasteiger partial charge in [-0.25, -0.2) is 4.79 Å². The molecule has 0 saturated heterocycles. The fraction of sp³-hybridized carbons (Fsp3) is 0.400. The number of hydrogen-bond acceptors (Lipinski definition) is 4. The minimum atomic E-state index is -1.27. The van der Waals surface area contributed by atoms with E-state index in [2.05, 4.69) is 180 Å². The first-order valence-corrected chi connectivity index (χ1v) is 20.5. The smallest absolute Gasteiger partial charge is 0.335 e. The minimum Gasteiger partial charge on any atom is -0.479 e. The van der Waals surface area contributed by atoms with Crippen LogP contribution in [0.15, 0.2) is 121 Å². The number of rotatable bonds is 15. The molecule has 4 aromatic rings. The predicted octanol–water partition coefficient (Wildman–Crippen LogP) is 11.9. The third kappa shape index (κ3) is 8.55. The molecule has 0 atom stereocenters. The van der Waals surface area contributed by atoms with Crippen LogP contribution in [-0.2, 0) is 25.1 Å². The maximum absolute atomic E-state index is 11.8. The van der Waals surface area contributed by atoms with Crippen LogP contribution in [0.25, 0.3) is 21.5 Å². The minimum absolute atomic E-state index is 0.130. The van der Waals surface area contributed by atoms with E-state index in [0.29, 0.717) is 19.8 Å². The summed E-state index contributed by atoms with van der Waals surface area (Å²) >= 11 is 5.93. The number of nitrogens with zero attached hydrogens (tertiary/aromatic N) is 2. The molecule has 0 fully saturated rings. The molecule has 0 saturated carbocycles. The molecule has 0 unspecified atom stereocenters. The van der Waals surface area contributed by atoms with Crippen LogP contribution in [-0.4, -0.2) is 59.3 Å². The highest BCUT2D eigenvalue weighted by Gasteiger charge is 2.47. The van der Waals surface area contributed by atoms with E-state index in [1.165, 1.54) is 55.5 Å². The monoisotopic (exact) mass is 787 g/mol. The molecule has 7 heteroatoms. The van der Waals surface area contributed by atoms with Crippen LogP contribution in [0.2, 0.25) is 0 Å². The summed E-state index contributed by atoms with van der Waals surface area (Å²) in [4.78, 5) is 14.2. The van der Waals surface area contributed by atoms with Crippen molar-refractivity contribution in [3.63, 3.8) is 0 Å². The molecule has 0 radical (unpaired) electrons. The number of hydrogen-bond donors (Lipinski definition) is 1. The molecule has 2 heterocycles. The van der Waals surface area contributed by atoms with Crippen molar-refractivity contribution in [2.45, 2.75) is 85.7 Å². The molecule has 2 aliphatic heterocycles. The number of alkyl halides is 1. The molecule has 6 nitrogen and oxygen atoms in total. The second-order valence-electron chi connectivity index (χ2n) is 18.7. The lowest BCUT2D eigenvalue weighted by atomic mass is 9.79. The molecule has 1 N–H and O–H groups in total. The van der Waals surface area contributed by atoms with E-state index in [1.807, 2.05) is 0 Å². The fourth-order valence-corrected chi connectivity index (χ4v) is 8.67. The Morgan fingerprint density at radius 1 is 0.754 bits per heavy atom. The third-order valence-corrected chi connectivity index (χ3v) is 11.7. The van der Waals surface area contributed by atoms with Gasteiger partial charge < -0.3 is 19.5 Å². The summed E-state index contributed by atoms with van der Waals surface area (Å²) in [5.41, 5.74) is 5.25. The van der Waals surface area contributed by atoms with Crippen LogP contribution >= 0.6 is 11.6 Å². The number of carboxylic acid groups (broad SMARTS) is 1. The van der Waals surface area contributed by atoms with Crippen LogP contribution < -0.4 is 4.90 Å². The van der Waals surface area contributed by atoms with Crippen molar-refractivity contribution >= 4 is 56.2 Å². The Kier molecular flexibility index (Phi) is 11.9. The molecule has 0 aliphatic carbocycles. The highest BCUT2D eigenvalue weighted by molar-refractivity contribution is 6.17. The lowest BCUT2D eigenvalue weighted by Gasteiger charge is -2.36. The Morgan fingerprint density at radius 2 is 1.35 bits per heavy atom. The van der Waals surface area contributed by atoms with E-state index in [-0.39, 0.29) is 27.7 Å². The first-order valence-electron chi connectivity index (χ1n) is 20.0. The summed E-state index contributed by atoms with van der Waals surface area (Å²) in [6.07, 6.45) is 15.0. The number of anilines is 1. The van der Waals surface area contributed by atoms with Crippen LogP contribution in [0, 0.1) is 10.8 Å². The average molecular weight is 788 g/mol. The number of fused-ring (bicyclic) bond motifs is 6. The molecule has 0 aromatic heterocycles. The van der Waals surface area contributed by atoms with E-state index in [4.69, 9.17) is 21.1 Å². The number of carbonyl (C=O) groups is 1. The number of halogens is 1. The summed E-state index contributed by atoms with van der Waals surface area (Å²) in [7, 11) is 0. The summed E-state index contributed by atoms with van der Waals surface area (Å²) in [5.74, 6) is -0.968. The standard InChI is InChI=1S/C50H59ClN2O4/c1-46(2,32-56-34-51)30-52-39-28-26-35-20-16-18-22-37(35)43(39)48(5,6)41(52)24-14-12-11-13-15-25-42-49(7,8)44-38-23-19-17-21-36(38)27-29-40(44)53(42)31-47(3,4)33-57-50(9,10)45(54)55/h11-29H,30-34H2,1-10H3/p+1. The van der Waals surface area contributed by atoms with Crippen molar-refractivity contribution in [1.82, 2.24) is 0 Å². The maximum Gasteiger partial charge on any atom is 0.335 e. The Labute approximate surface area is 344 Å². The Bertz CT molecular complexity index is 2320. The van der Waals surface area contributed by atoms with Crippen molar-refractivity contribution in [3.8, 4) is 0 Å². The lowest BCUT2D eigenvalue weighted by Crippen LogP contribution is -2.42. The quantitative estimate of drug-likeness (QED) is 0.0738. The number of carboxylic acids is 1. The van der Waals surface area contributed by atoms with Gasteiger partial charge in [0, 0.05) is 51.9 Å². The van der Waals surface area contributed by atoms with Gasteiger partial charge in [0.1, 0.15) is 6.07 Å². The van der Waals surface area contributed by atoms with Crippen molar-refractivity contribution in [2.75, 3.05) is 37.3 Å². The molecule has 300 valence electrons. The highest BCUT2D eigenvalue weighted by atomic mass is 35.5. The molecule has 0 spiro atoms. The molecule has 6 rings (SSSR count). The summed E-state index contributed by atoms with van der Waals surface area (Å²) in [6, 6.07) is 26.4. The zero-order valence-electron chi connectivity index (χ0n) is 35.4. The van der Waals surface area contributed by atoms with Gasteiger partial charge in [-0.2, -0.15) is 4.58 Å². The second-order valence-corrected chi connectivity index (χ2v) is 19.0. The van der Waals surface area contributed by atoms with Gasteiger partial charge in [-0.3, -0.25) is 0 Å². The topological polar surface area (TPSA) is 62.0 Å². The van der Waals surface area contributed by atoms with E-state index in [1.54, 1.807) is 13.8 Å². The zero-order valence-corrected chi connectivity index (χ0v) is 36.2. The molecule has 0 amide bonds. The van der Waals surface area contributed by atoms with Crippen LogP contribution in [0.4, 0.5) is 11.4 Å². The summed E-state index contributed by atoms with van der Waals surface area (Å²) in [6.45, 7) is 23.5. The summed E-state index contributed by atoms with van der Waals surface area (Å²) in [5, 5.41) is 14.7. The Morgan fingerprint density at radius 3 is 2.00 bits per heavy atom. The van der Waals surface area contributed by atoms with Crippen molar-refractivity contribution in [2.24, 2.45) is 10.8 Å². The normalized spacial score (nSPS) is 17.7. The van der Waals surface area contributed by atoms with Crippen molar-refractivity contribution in [3.05, 3.63) is 132 Å². The number of allylic oxidation sites excluding steroid dienone is 8. The molecule has 57 heavy (non-hydrogen) atoms. The zero-order chi connectivity index (χ0) is 41.4. The van der Waals surface area contributed by atoms with E-state index < -0.39 is 11.6 Å². The van der Waals surface area contributed by atoms with Crippen molar-refractivity contribution < 1.29 is 24.0 Å². The van der Waals surface area contributed by atoms with E-state index >= 15 is 0 Å². The first kappa shape index (κ1) is 42.1. The van der Waals surface area contributed by atoms with Crippen molar-refractivity contribution in [1.29, 1.82) is 0 Å².